The zero-order valence-corrected chi connectivity index (χ0v) is 22.0. The van der Waals surface area contributed by atoms with E-state index < -0.39 is 21.1 Å². The Labute approximate surface area is 192 Å². The zero-order valence-electron chi connectivity index (χ0n) is 19.5. The quantitative estimate of drug-likeness (QED) is 0.413. The molecule has 0 aromatic heterocycles. The van der Waals surface area contributed by atoms with Gasteiger partial charge in [-0.25, -0.2) is 0 Å². The van der Waals surface area contributed by atoms with Gasteiger partial charge in [-0.2, -0.15) is 0 Å². The number of allylic oxidation sites excluding steroid dienone is 8. The number of benzene rings is 2. The predicted molar refractivity (Wildman–Crippen MR) is 126 cm³/mol. The van der Waals surface area contributed by atoms with Gasteiger partial charge in [0.1, 0.15) is 0 Å². The molecular formula is C28H32O2Zr. The van der Waals surface area contributed by atoms with Crippen LogP contribution in [0.2, 0.25) is 0 Å². The van der Waals surface area contributed by atoms with Crippen molar-refractivity contribution in [2.45, 2.75) is 54.4 Å². The van der Waals surface area contributed by atoms with Crippen LogP contribution in [0.1, 0.15) is 46.2 Å². The van der Waals surface area contributed by atoms with Crippen molar-refractivity contribution in [3.05, 3.63) is 101 Å². The van der Waals surface area contributed by atoms with E-state index in [0.29, 0.717) is 0 Å². The average molecular weight is 492 g/mol. The fourth-order valence-electron chi connectivity index (χ4n) is 4.31. The predicted octanol–water partition coefficient (Wildman–Crippen LogP) is 7.67. The molecule has 2 aliphatic rings. The van der Waals surface area contributed by atoms with Gasteiger partial charge in [0.2, 0.25) is 0 Å². The molecule has 31 heavy (non-hydrogen) atoms. The van der Waals surface area contributed by atoms with Gasteiger partial charge in [0, 0.05) is 0 Å². The van der Waals surface area contributed by atoms with Gasteiger partial charge in [-0.3, -0.25) is 0 Å². The van der Waals surface area contributed by atoms with Gasteiger partial charge < -0.3 is 0 Å². The van der Waals surface area contributed by atoms with Gasteiger partial charge in [0.15, 0.2) is 0 Å². The summed E-state index contributed by atoms with van der Waals surface area (Å²) in [5.41, 5.74) is 7.68. The monoisotopic (exact) mass is 490 g/mol. The van der Waals surface area contributed by atoms with Crippen molar-refractivity contribution in [3.63, 3.8) is 0 Å². The third-order valence-corrected chi connectivity index (χ3v) is 15.3. The van der Waals surface area contributed by atoms with E-state index >= 15 is 0 Å². The summed E-state index contributed by atoms with van der Waals surface area (Å²) < 4.78 is 16.8. The maximum atomic E-state index is 7.07. The summed E-state index contributed by atoms with van der Waals surface area (Å²) in [7, 11) is 0. The first kappa shape index (κ1) is 22.1. The molecule has 2 aromatic rings. The van der Waals surface area contributed by atoms with E-state index in [2.05, 4.69) is 102 Å². The van der Waals surface area contributed by atoms with E-state index in [-0.39, 0.29) is 0 Å². The van der Waals surface area contributed by atoms with Crippen molar-refractivity contribution >= 4 is 0 Å². The van der Waals surface area contributed by atoms with Gasteiger partial charge in [-0.1, -0.05) is 0 Å². The Morgan fingerprint density at radius 2 is 0.935 bits per heavy atom. The molecule has 2 aromatic carbocycles. The fraction of sp³-hybridized carbons (Fsp3) is 0.286. The van der Waals surface area contributed by atoms with Crippen LogP contribution in [0.4, 0.5) is 0 Å². The molecule has 0 spiro atoms. The molecule has 0 radical (unpaired) electrons. The van der Waals surface area contributed by atoms with Crippen molar-refractivity contribution in [3.8, 4) is 11.5 Å². The SMILES string of the molecule is Cc1cc([O][Zr]([O]c2cc(C)c(C)c(C)c2)([C]2=CC=CC2)[C]2=CC=CC2)cc(C)c1C. The Bertz CT molecular complexity index is 1010. The Kier molecular flexibility index (Phi) is 6.26. The van der Waals surface area contributed by atoms with Crippen LogP contribution in [-0.4, -0.2) is 0 Å². The van der Waals surface area contributed by atoms with Crippen molar-refractivity contribution < 1.29 is 26.8 Å². The summed E-state index contributed by atoms with van der Waals surface area (Å²) in [4.78, 5) is 0. The average Bonchev–Trinajstić information content (AvgIpc) is 3.44. The Balaban J connectivity index is 1.85. The molecule has 2 nitrogen and oxygen atoms in total. The number of rotatable bonds is 6. The summed E-state index contributed by atoms with van der Waals surface area (Å²) in [5.74, 6) is 1.86. The van der Waals surface area contributed by atoms with Crippen LogP contribution in [0, 0.1) is 41.5 Å². The van der Waals surface area contributed by atoms with E-state index in [1.54, 1.807) is 0 Å². The van der Waals surface area contributed by atoms with Crippen LogP contribution >= 0.6 is 0 Å². The summed E-state index contributed by atoms with van der Waals surface area (Å²) in [6, 6.07) is 8.70. The van der Waals surface area contributed by atoms with Crippen LogP contribution < -0.4 is 5.63 Å². The van der Waals surface area contributed by atoms with Crippen molar-refractivity contribution in [1.82, 2.24) is 0 Å². The van der Waals surface area contributed by atoms with Crippen LogP contribution in [0.5, 0.6) is 11.5 Å². The van der Waals surface area contributed by atoms with Gasteiger partial charge in [0.05, 0.1) is 0 Å². The van der Waals surface area contributed by atoms with Crippen molar-refractivity contribution in [2.24, 2.45) is 0 Å². The standard InChI is InChI=1S/2C9H12O.2C5H5.Zr/c2*1-6-4-9(10)5-7(2)8(6)3;2*1-2-4-5-3-1;/h2*4-5,10H,1-3H3;2*1-3H,4H2;/q;;;;+2/p-2. The molecule has 2 aliphatic carbocycles. The van der Waals surface area contributed by atoms with Crippen molar-refractivity contribution in [2.75, 3.05) is 0 Å². The number of hydrogen-bond donors (Lipinski definition) is 0. The molecule has 0 saturated carbocycles. The molecule has 0 unspecified atom stereocenters. The second kappa shape index (κ2) is 8.79. The molecule has 0 aliphatic heterocycles. The molecule has 0 bridgehead atoms. The summed E-state index contributed by atoms with van der Waals surface area (Å²) >= 11 is -3.95. The molecule has 160 valence electrons. The third kappa shape index (κ3) is 4.30. The van der Waals surface area contributed by atoms with Gasteiger partial charge in [-0.05, 0) is 0 Å². The Morgan fingerprint density at radius 3 is 1.23 bits per heavy atom. The van der Waals surface area contributed by atoms with Crippen LogP contribution in [0.3, 0.4) is 0 Å². The molecule has 3 heteroatoms. The number of hydrogen-bond acceptors (Lipinski definition) is 2. The molecule has 0 atom stereocenters. The minimum absolute atomic E-state index is 0.904. The Morgan fingerprint density at radius 1 is 0.581 bits per heavy atom. The molecule has 0 heterocycles. The zero-order chi connectivity index (χ0) is 22.2. The van der Waals surface area contributed by atoms with Gasteiger partial charge >= 0.3 is 193 Å². The van der Waals surface area contributed by atoms with Crippen LogP contribution in [0.15, 0.2) is 67.3 Å². The van der Waals surface area contributed by atoms with E-state index in [0.717, 1.165) is 24.3 Å². The van der Waals surface area contributed by atoms with Crippen LogP contribution in [0.25, 0.3) is 0 Å². The second-order valence-electron chi connectivity index (χ2n) is 8.83. The second-order valence-corrected chi connectivity index (χ2v) is 16.0. The van der Waals surface area contributed by atoms with E-state index in [1.165, 1.54) is 39.9 Å². The van der Waals surface area contributed by atoms with Gasteiger partial charge in [0.25, 0.3) is 0 Å². The molecule has 0 N–H and O–H groups in total. The first-order chi connectivity index (χ1) is 14.8. The normalized spacial score (nSPS) is 15.3. The minimum atomic E-state index is -3.95. The summed E-state index contributed by atoms with van der Waals surface area (Å²) in [6.07, 6.45) is 15.0. The number of aryl methyl sites for hydroxylation is 4. The van der Waals surface area contributed by atoms with E-state index in [4.69, 9.17) is 5.63 Å². The van der Waals surface area contributed by atoms with Crippen molar-refractivity contribution in [1.29, 1.82) is 0 Å². The summed E-state index contributed by atoms with van der Waals surface area (Å²) in [5, 5.41) is 0. The summed E-state index contributed by atoms with van der Waals surface area (Å²) in [6.45, 7) is 13.0. The molecule has 0 amide bonds. The molecule has 0 saturated heterocycles. The first-order valence-corrected chi connectivity index (χ1v) is 15.5. The topological polar surface area (TPSA) is 18.5 Å². The molecular weight excluding hydrogens is 460 g/mol. The Hall–Kier alpha value is -2.12. The first-order valence-electron chi connectivity index (χ1n) is 11.1. The molecule has 4 rings (SSSR count). The van der Waals surface area contributed by atoms with E-state index in [9.17, 15) is 0 Å². The van der Waals surface area contributed by atoms with Crippen LogP contribution in [-0.2, 0) is 21.1 Å². The third-order valence-electron chi connectivity index (χ3n) is 6.71. The fourth-order valence-corrected chi connectivity index (χ4v) is 12.4. The van der Waals surface area contributed by atoms with E-state index in [1.807, 2.05) is 0 Å². The molecule has 0 fully saturated rings. The maximum absolute atomic E-state index is 7.07. The van der Waals surface area contributed by atoms with Gasteiger partial charge in [-0.15, -0.1) is 0 Å².